The maximum atomic E-state index is 15.7. The Bertz CT molecular complexity index is 1250. The molecule has 2 aromatic carbocycles. The van der Waals surface area contributed by atoms with Crippen molar-refractivity contribution in [2.75, 3.05) is 32.8 Å². The number of hydrogen-bond acceptors (Lipinski definition) is 3. The highest BCUT2D eigenvalue weighted by molar-refractivity contribution is 5.85. The Kier molecular flexibility index (Phi) is 6.82. The van der Waals surface area contributed by atoms with Crippen LogP contribution in [0.1, 0.15) is 63.9 Å². The smallest absolute Gasteiger partial charge is 0.135 e. The molecule has 1 N–H and O–H groups in total. The van der Waals surface area contributed by atoms with E-state index in [9.17, 15) is 4.39 Å². The largest absolute Gasteiger partial charge is 0.492 e. The Hall–Kier alpha value is -2.51. The Morgan fingerprint density at radius 2 is 1.81 bits per heavy atom. The van der Waals surface area contributed by atoms with Crippen molar-refractivity contribution in [3.63, 3.8) is 0 Å². The van der Waals surface area contributed by atoms with Crippen LogP contribution in [0.4, 0.5) is 13.2 Å². The van der Waals surface area contributed by atoms with Crippen molar-refractivity contribution in [2.45, 2.75) is 65.2 Å². The molecule has 0 radical (unpaired) electrons. The minimum atomic E-state index is -1.53. The van der Waals surface area contributed by atoms with E-state index in [4.69, 9.17) is 4.74 Å². The highest BCUT2D eigenvalue weighted by atomic mass is 19.1. The molecule has 2 atom stereocenters. The van der Waals surface area contributed by atoms with E-state index in [2.05, 4.69) is 23.7 Å². The van der Waals surface area contributed by atoms with E-state index in [1.165, 1.54) is 26.0 Å². The van der Waals surface area contributed by atoms with Gasteiger partial charge in [0.1, 0.15) is 29.7 Å². The van der Waals surface area contributed by atoms with E-state index < -0.39 is 23.3 Å². The molecule has 0 spiro atoms. The van der Waals surface area contributed by atoms with Crippen LogP contribution in [0.3, 0.4) is 0 Å². The number of halogens is 3. The number of fused-ring (bicyclic) bond motifs is 3. The average Bonchev–Trinajstić information content (AvgIpc) is 3.16. The molecular weight excluding hydrogens is 475 g/mol. The first-order valence-electron chi connectivity index (χ1n) is 13.4. The first kappa shape index (κ1) is 26.1. The predicted octanol–water partition coefficient (Wildman–Crippen LogP) is 6.64. The van der Waals surface area contributed by atoms with Gasteiger partial charge in [-0.05, 0) is 50.7 Å². The van der Waals surface area contributed by atoms with Crippen molar-refractivity contribution < 1.29 is 17.9 Å². The summed E-state index contributed by atoms with van der Waals surface area (Å²) in [7, 11) is 0. The number of likely N-dealkylation sites (tertiary alicyclic amines) is 1. The summed E-state index contributed by atoms with van der Waals surface area (Å²) in [6.07, 6.45) is 1.81. The predicted molar refractivity (Wildman–Crippen MR) is 142 cm³/mol. The summed E-state index contributed by atoms with van der Waals surface area (Å²) in [5.41, 5.74) is 1.44. The zero-order chi connectivity index (χ0) is 26.5. The normalized spacial score (nSPS) is 22.2. The Morgan fingerprint density at radius 3 is 2.46 bits per heavy atom. The Balaban J connectivity index is 1.45. The van der Waals surface area contributed by atoms with E-state index in [0.717, 1.165) is 48.2 Å². The molecule has 1 fully saturated rings. The maximum absolute atomic E-state index is 15.7. The van der Waals surface area contributed by atoms with Crippen molar-refractivity contribution in [1.82, 2.24) is 14.8 Å². The number of hydrogen-bond donors (Lipinski definition) is 1. The third kappa shape index (κ3) is 5.13. The standard InChI is InChI=1S/C30H38F3N3O/c1-6-30(5)17-35(18-30)11-12-37-20-14-23(31)26(24(32)15-20)28-27-22(21-9-7-8-10-25(21)34-27)13-19(2)36(28)16-29(3,4)33/h7-10,14-15,19,28,34H,6,11-13,16-18H2,1-5H3/t19-,28-/m1/s1. The minimum absolute atomic E-state index is 0.0529. The van der Waals surface area contributed by atoms with Gasteiger partial charge in [0.2, 0.25) is 0 Å². The van der Waals surface area contributed by atoms with Crippen LogP contribution < -0.4 is 4.74 Å². The van der Waals surface area contributed by atoms with Gasteiger partial charge in [0.15, 0.2) is 0 Å². The quantitative estimate of drug-likeness (QED) is 0.366. The van der Waals surface area contributed by atoms with Crippen LogP contribution in [-0.4, -0.2) is 59.3 Å². The lowest BCUT2D eigenvalue weighted by Gasteiger charge is -2.47. The summed E-state index contributed by atoms with van der Waals surface area (Å²) in [5, 5.41) is 1.04. The number of nitrogens with zero attached hydrogens (tertiary/aromatic N) is 2. The van der Waals surface area contributed by atoms with E-state index >= 15 is 8.78 Å². The fourth-order valence-electron chi connectivity index (χ4n) is 6.11. The van der Waals surface area contributed by atoms with Crippen LogP contribution in [0.25, 0.3) is 10.9 Å². The second kappa shape index (κ2) is 9.66. The van der Waals surface area contributed by atoms with Gasteiger partial charge in [-0.25, -0.2) is 13.2 Å². The molecule has 3 heterocycles. The van der Waals surface area contributed by atoms with E-state index in [1.54, 1.807) is 0 Å². The Morgan fingerprint density at radius 1 is 1.14 bits per heavy atom. The fraction of sp³-hybridized carbons (Fsp3) is 0.533. The lowest BCUT2D eigenvalue weighted by atomic mass is 9.80. The summed E-state index contributed by atoms with van der Waals surface area (Å²) in [6, 6.07) is 9.54. The van der Waals surface area contributed by atoms with Gasteiger partial charge in [-0.3, -0.25) is 9.80 Å². The monoisotopic (exact) mass is 513 g/mol. The molecule has 3 aromatic rings. The van der Waals surface area contributed by atoms with Crippen LogP contribution in [0.15, 0.2) is 36.4 Å². The van der Waals surface area contributed by atoms with Gasteiger partial charge < -0.3 is 9.72 Å². The molecule has 0 bridgehead atoms. The summed E-state index contributed by atoms with van der Waals surface area (Å²) >= 11 is 0. The van der Waals surface area contributed by atoms with Crippen molar-refractivity contribution in [2.24, 2.45) is 5.41 Å². The minimum Gasteiger partial charge on any atom is -0.492 e. The van der Waals surface area contributed by atoms with Gasteiger partial charge in [0.25, 0.3) is 0 Å². The second-order valence-electron chi connectivity index (χ2n) is 11.9. The number of alkyl halides is 1. The second-order valence-corrected chi connectivity index (χ2v) is 11.9. The van der Waals surface area contributed by atoms with Crippen LogP contribution in [0.5, 0.6) is 5.75 Å². The van der Waals surface area contributed by atoms with Crippen LogP contribution in [-0.2, 0) is 6.42 Å². The summed E-state index contributed by atoms with van der Waals surface area (Å²) in [4.78, 5) is 7.58. The number of para-hydroxylation sites is 1. The first-order valence-corrected chi connectivity index (χ1v) is 13.4. The maximum Gasteiger partial charge on any atom is 0.135 e. The van der Waals surface area contributed by atoms with Crippen molar-refractivity contribution in [3.8, 4) is 5.75 Å². The fourth-order valence-corrected chi connectivity index (χ4v) is 6.11. The van der Waals surface area contributed by atoms with Crippen LogP contribution in [0.2, 0.25) is 0 Å². The van der Waals surface area contributed by atoms with E-state index in [-0.39, 0.29) is 23.9 Å². The van der Waals surface area contributed by atoms with Crippen molar-refractivity contribution in [1.29, 1.82) is 0 Å². The molecule has 37 heavy (non-hydrogen) atoms. The SMILES string of the molecule is CCC1(C)CN(CCOc2cc(F)c([C@@H]3c4[nH]c5ccccc5c4C[C@@H](C)N3CC(C)(C)F)c(F)c2)C1. The van der Waals surface area contributed by atoms with Gasteiger partial charge in [-0.2, -0.15) is 0 Å². The van der Waals surface area contributed by atoms with Gasteiger partial charge >= 0.3 is 0 Å². The first-order chi connectivity index (χ1) is 17.5. The number of aromatic nitrogens is 1. The number of aromatic amines is 1. The van der Waals surface area contributed by atoms with E-state index in [1.807, 2.05) is 36.1 Å². The van der Waals surface area contributed by atoms with Gasteiger partial charge in [-0.1, -0.05) is 32.0 Å². The summed E-state index contributed by atoms with van der Waals surface area (Å²) in [6.45, 7) is 12.6. The zero-order valence-electron chi connectivity index (χ0n) is 22.5. The van der Waals surface area contributed by atoms with Gasteiger partial charge in [-0.15, -0.1) is 0 Å². The van der Waals surface area contributed by atoms with Gasteiger partial charge in [0.05, 0.1) is 6.04 Å². The number of benzene rings is 2. The van der Waals surface area contributed by atoms with Crippen molar-refractivity contribution >= 4 is 10.9 Å². The molecule has 2 aliphatic heterocycles. The molecule has 7 heteroatoms. The zero-order valence-corrected chi connectivity index (χ0v) is 22.5. The molecule has 0 unspecified atom stereocenters. The van der Waals surface area contributed by atoms with Gasteiger partial charge in [0, 0.05) is 66.5 Å². The average molecular weight is 514 g/mol. The summed E-state index contributed by atoms with van der Waals surface area (Å²) in [5.74, 6) is -1.18. The highest BCUT2D eigenvalue weighted by Crippen LogP contribution is 2.43. The molecule has 1 aromatic heterocycles. The molecule has 1 saturated heterocycles. The third-order valence-electron chi connectivity index (χ3n) is 8.14. The third-order valence-corrected chi connectivity index (χ3v) is 8.14. The molecule has 5 rings (SSSR count). The van der Waals surface area contributed by atoms with E-state index in [0.29, 0.717) is 18.4 Å². The molecule has 0 aliphatic carbocycles. The van der Waals surface area contributed by atoms with Crippen LogP contribution in [0, 0.1) is 17.0 Å². The molecule has 0 amide bonds. The number of ether oxygens (including phenoxy) is 1. The topological polar surface area (TPSA) is 31.5 Å². The number of rotatable bonds is 8. The molecule has 4 nitrogen and oxygen atoms in total. The number of nitrogens with one attached hydrogen (secondary N) is 1. The molecule has 200 valence electrons. The Labute approximate surface area is 217 Å². The number of H-pyrrole nitrogens is 1. The van der Waals surface area contributed by atoms with Crippen LogP contribution >= 0.6 is 0 Å². The van der Waals surface area contributed by atoms with Crippen molar-refractivity contribution in [3.05, 3.63) is 64.9 Å². The summed E-state index contributed by atoms with van der Waals surface area (Å²) < 4.78 is 52.1. The lowest BCUT2D eigenvalue weighted by molar-refractivity contribution is 0.00441. The molecule has 2 aliphatic rings. The lowest BCUT2D eigenvalue weighted by Crippen LogP contribution is -2.55. The molecule has 0 saturated carbocycles. The highest BCUT2D eigenvalue weighted by Gasteiger charge is 2.41. The molecular formula is C30H38F3N3O.